The zero-order valence-corrected chi connectivity index (χ0v) is 8.17. The molecule has 2 rings (SSSR count). The number of rotatable bonds is 3. The first-order valence-electron chi connectivity index (χ1n) is 4.58. The van der Waals surface area contributed by atoms with E-state index >= 15 is 0 Å². The van der Waals surface area contributed by atoms with Crippen molar-refractivity contribution in [2.24, 2.45) is 0 Å². The number of ketones is 1. The second-order valence-corrected chi connectivity index (χ2v) is 3.33. The predicted molar refractivity (Wildman–Crippen MR) is 52.9 cm³/mol. The van der Waals surface area contributed by atoms with Crippen LogP contribution >= 0.6 is 0 Å². The summed E-state index contributed by atoms with van der Waals surface area (Å²) in [6.45, 7) is -0.490. The highest BCUT2D eigenvalue weighted by atomic mass is 16.2. The smallest absolute Gasteiger partial charge is 0.261 e. The van der Waals surface area contributed by atoms with E-state index in [1.807, 2.05) is 0 Å². The van der Waals surface area contributed by atoms with Crippen LogP contribution in [0.5, 0.6) is 0 Å². The Morgan fingerprint density at radius 1 is 1.12 bits per heavy atom. The first-order chi connectivity index (χ1) is 7.65. The molecule has 0 aliphatic carbocycles. The molecule has 16 heavy (non-hydrogen) atoms. The van der Waals surface area contributed by atoms with Crippen molar-refractivity contribution in [3.05, 3.63) is 35.4 Å². The molecular weight excluding hydrogens is 210 g/mol. The van der Waals surface area contributed by atoms with Crippen molar-refractivity contribution < 1.29 is 19.2 Å². The maximum absolute atomic E-state index is 11.7. The van der Waals surface area contributed by atoms with E-state index in [1.165, 1.54) is 12.1 Å². The van der Waals surface area contributed by atoms with Crippen molar-refractivity contribution >= 4 is 23.9 Å². The van der Waals surface area contributed by atoms with Gasteiger partial charge in [0.05, 0.1) is 17.7 Å². The summed E-state index contributed by atoms with van der Waals surface area (Å²) in [5.74, 6) is -1.86. The highest BCUT2D eigenvalue weighted by molar-refractivity contribution is 6.29. The van der Waals surface area contributed by atoms with Gasteiger partial charge in [0.15, 0.2) is 6.29 Å². The van der Waals surface area contributed by atoms with Crippen LogP contribution in [0, 0.1) is 0 Å². The van der Waals surface area contributed by atoms with Gasteiger partial charge >= 0.3 is 0 Å². The maximum Gasteiger partial charge on any atom is 0.261 e. The summed E-state index contributed by atoms with van der Waals surface area (Å²) < 4.78 is 0. The number of amides is 2. The number of carbonyl (C=O) groups excluding carboxylic acids is 4. The Balaban J connectivity index is 2.35. The summed E-state index contributed by atoms with van der Waals surface area (Å²) in [4.78, 5) is 45.2. The number of carbonyl (C=O) groups is 4. The average Bonchev–Trinajstić information content (AvgIpc) is 2.55. The minimum absolute atomic E-state index is 0.101. The van der Waals surface area contributed by atoms with E-state index in [-0.39, 0.29) is 17.4 Å². The Bertz CT molecular complexity index is 471. The quantitative estimate of drug-likeness (QED) is 0.407. The van der Waals surface area contributed by atoms with Gasteiger partial charge in [-0.05, 0) is 12.1 Å². The molecule has 0 saturated carbocycles. The molecule has 1 aromatic rings. The third-order valence-electron chi connectivity index (χ3n) is 2.32. The molecule has 2 amide bonds. The lowest BCUT2D eigenvalue weighted by atomic mass is 10.1. The number of aldehydes is 1. The van der Waals surface area contributed by atoms with E-state index in [0.29, 0.717) is 0 Å². The van der Waals surface area contributed by atoms with Crippen LogP contribution in [0.1, 0.15) is 20.7 Å². The molecule has 5 nitrogen and oxygen atoms in total. The molecule has 0 bridgehead atoms. The number of nitrogens with zero attached hydrogens (tertiary/aromatic N) is 1. The van der Waals surface area contributed by atoms with E-state index in [0.717, 1.165) is 4.90 Å². The normalized spacial score (nSPS) is 13.9. The van der Waals surface area contributed by atoms with Gasteiger partial charge < -0.3 is 0 Å². The SMILES string of the molecule is O=CC(=O)CN1C(=O)c2ccccc2C1=O. The molecule has 0 atom stereocenters. The topological polar surface area (TPSA) is 71.5 Å². The van der Waals surface area contributed by atoms with E-state index < -0.39 is 24.1 Å². The second kappa shape index (κ2) is 3.69. The molecule has 0 aromatic heterocycles. The van der Waals surface area contributed by atoms with Crippen molar-refractivity contribution in [2.45, 2.75) is 0 Å². The van der Waals surface area contributed by atoms with E-state index in [2.05, 4.69) is 0 Å². The van der Waals surface area contributed by atoms with Gasteiger partial charge in [0, 0.05) is 0 Å². The standard InChI is InChI=1S/C11H7NO4/c13-6-7(14)5-12-10(15)8-3-1-2-4-9(8)11(12)16/h1-4,6H,5H2. The Morgan fingerprint density at radius 2 is 1.62 bits per heavy atom. The van der Waals surface area contributed by atoms with Crippen LogP contribution in [0.15, 0.2) is 24.3 Å². The van der Waals surface area contributed by atoms with Crippen molar-refractivity contribution in [1.82, 2.24) is 4.90 Å². The number of hydrogen-bond acceptors (Lipinski definition) is 4. The van der Waals surface area contributed by atoms with Gasteiger partial charge in [0.1, 0.15) is 0 Å². The van der Waals surface area contributed by atoms with Crippen LogP contribution in [0.3, 0.4) is 0 Å². The molecule has 1 aliphatic heterocycles. The van der Waals surface area contributed by atoms with Crippen molar-refractivity contribution in [3.8, 4) is 0 Å². The van der Waals surface area contributed by atoms with Crippen LogP contribution in [0.4, 0.5) is 0 Å². The minimum atomic E-state index is -0.797. The van der Waals surface area contributed by atoms with Crippen LogP contribution in [0.2, 0.25) is 0 Å². The largest absolute Gasteiger partial charge is 0.295 e. The van der Waals surface area contributed by atoms with E-state index in [4.69, 9.17) is 0 Å². The minimum Gasteiger partial charge on any atom is -0.295 e. The van der Waals surface area contributed by atoms with Gasteiger partial charge in [-0.15, -0.1) is 0 Å². The number of imide groups is 1. The molecule has 80 valence electrons. The highest BCUT2D eigenvalue weighted by Crippen LogP contribution is 2.21. The lowest BCUT2D eigenvalue weighted by molar-refractivity contribution is -0.129. The first kappa shape index (κ1) is 10.2. The Labute approximate surface area is 90.7 Å². The summed E-state index contributed by atoms with van der Waals surface area (Å²) in [6.07, 6.45) is 0.101. The fourth-order valence-electron chi connectivity index (χ4n) is 1.58. The zero-order chi connectivity index (χ0) is 11.7. The summed E-state index contributed by atoms with van der Waals surface area (Å²) in [6, 6.07) is 6.30. The van der Waals surface area contributed by atoms with Gasteiger partial charge in [-0.1, -0.05) is 12.1 Å². The van der Waals surface area contributed by atoms with Gasteiger partial charge in [-0.2, -0.15) is 0 Å². The zero-order valence-electron chi connectivity index (χ0n) is 8.17. The number of Topliss-reactive ketones (excluding diaryl/α,β-unsaturated/α-hetero) is 1. The van der Waals surface area contributed by atoms with Gasteiger partial charge in [0.25, 0.3) is 11.8 Å². The molecule has 0 radical (unpaired) electrons. The van der Waals surface area contributed by atoms with Gasteiger partial charge in [-0.3, -0.25) is 24.1 Å². The Morgan fingerprint density at radius 3 is 2.06 bits per heavy atom. The molecule has 1 aromatic carbocycles. The molecule has 0 saturated heterocycles. The van der Waals surface area contributed by atoms with Crippen LogP contribution in [-0.4, -0.2) is 35.3 Å². The fourth-order valence-corrected chi connectivity index (χ4v) is 1.58. The molecule has 0 unspecified atom stereocenters. The van der Waals surface area contributed by atoms with E-state index in [9.17, 15) is 19.2 Å². The maximum atomic E-state index is 11.7. The Hall–Kier alpha value is -2.30. The molecule has 5 heteroatoms. The third kappa shape index (κ3) is 1.42. The third-order valence-corrected chi connectivity index (χ3v) is 2.32. The monoisotopic (exact) mass is 217 g/mol. The van der Waals surface area contributed by atoms with Gasteiger partial charge in [-0.25, -0.2) is 0 Å². The molecule has 0 N–H and O–H groups in total. The second-order valence-electron chi connectivity index (χ2n) is 3.33. The molecule has 0 fully saturated rings. The molecule has 0 spiro atoms. The average molecular weight is 217 g/mol. The highest BCUT2D eigenvalue weighted by Gasteiger charge is 2.35. The Kier molecular flexibility index (Phi) is 2.36. The van der Waals surface area contributed by atoms with E-state index in [1.54, 1.807) is 12.1 Å². The molecular formula is C11H7NO4. The van der Waals surface area contributed by atoms with Crippen molar-refractivity contribution in [2.75, 3.05) is 6.54 Å². The fraction of sp³-hybridized carbons (Fsp3) is 0.0909. The summed E-state index contributed by atoms with van der Waals surface area (Å²) in [5.41, 5.74) is 0.539. The molecule has 1 aliphatic rings. The van der Waals surface area contributed by atoms with Crippen LogP contribution < -0.4 is 0 Å². The van der Waals surface area contributed by atoms with Crippen LogP contribution in [0.25, 0.3) is 0 Å². The van der Waals surface area contributed by atoms with Crippen molar-refractivity contribution in [3.63, 3.8) is 0 Å². The van der Waals surface area contributed by atoms with Crippen molar-refractivity contribution in [1.29, 1.82) is 0 Å². The summed E-state index contributed by atoms with van der Waals surface area (Å²) in [5, 5.41) is 0. The number of benzene rings is 1. The first-order valence-corrected chi connectivity index (χ1v) is 4.58. The number of fused-ring (bicyclic) bond motifs is 1. The lowest BCUT2D eigenvalue weighted by Crippen LogP contribution is -2.35. The van der Waals surface area contributed by atoms with Crippen LogP contribution in [-0.2, 0) is 9.59 Å². The number of hydrogen-bond donors (Lipinski definition) is 0. The van der Waals surface area contributed by atoms with Gasteiger partial charge in [0.2, 0.25) is 5.78 Å². The lowest BCUT2D eigenvalue weighted by Gasteiger charge is -2.09. The molecule has 1 heterocycles. The summed E-state index contributed by atoms with van der Waals surface area (Å²) >= 11 is 0. The summed E-state index contributed by atoms with van der Waals surface area (Å²) in [7, 11) is 0. The predicted octanol–water partition coefficient (Wildman–Crippen LogP) is 0.0506.